The third-order valence-electron chi connectivity index (χ3n) is 4.38. The molecule has 4 nitrogen and oxygen atoms in total. The number of benzene rings is 3. The van der Waals surface area contributed by atoms with E-state index in [-0.39, 0.29) is 16.7 Å². The summed E-state index contributed by atoms with van der Waals surface area (Å²) in [6.45, 7) is 0. The molecule has 31 heavy (non-hydrogen) atoms. The average Bonchev–Trinajstić information content (AvgIpc) is 2.80. The zero-order valence-electron chi connectivity index (χ0n) is 16.3. The van der Waals surface area contributed by atoms with Gasteiger partial charge in [-0.15, -0.1) is 0 Å². The maximum Gasteiger partial charge on any atom is 0.234 e. The van der Waals surface area contributed by atoms with Crippen LogP contribution in [0, 0.1) is 5.82 Å². The zero-order chi connectivity index (χ0) is 21.6. The molecular weight excluding hydrogens is 433 g/mol. The van der Waals surface area contributed by atoms with Crippen molar-refractivity contribution >= 4 is 35.0 Å². The molecule has 0 spiro atoms. The van der Waals surface area contributed by atoms with Gasteiger partial charge < -0.3 is 5.32 Å². The molecule has 0 saturated carbocycles. The fraction of sp³-hybridized carbons (Fsp3) is 0.0417. The molecule has 0 saturated heterocycles. The van der Waals surface area contributed by atoms with E-state index in [1.54, 1.807) is 0 Å². The lowest BCUT2D eigenvalue weighted by atomic mass is 10.1. The molecule has 0 atom stereocenters. The number of amides is 1. The Morgan fingerprint density at radius 2 is 1.45 bits per heavy atom. The summed E-state index contributed by atoms with van der Waals surface area (Å²) in [5, 5.41) is 3.32. The van der Waals surface area contributed by atoms with Gasteiger partial charge in [-0.05, 0) is 24.3 Å². The highest BCUT2D eigenvalue weighted by Crippen LogP contribution is 2.27. The highest BCUT2D eigenvalue weighted by molar-refractivity contribution is 7.99. The molecule has 0 aliphatic rings. The highest BCUT2D eigenvalue weighted by Gasteiger charge is 2.12. The summed E-state index contributed by atoms with van der Waals surface area (Å²) in [6, 6.07) is 25.4. The molecule has 1 aromatic heterocycles. The van der Waals surface area contributed by atoms with Gasteiger partial charge in [0.1, 0.15) is 5.82 Å². The Labute approximate surface area is 188 Å². The van der Waals surface area contributed by atoms with Gasteiger partial charge in [0.2, 0.25) is 5.91 Å². The molecule has 0 unspecified atom stereocenters. The molecule has 4 aromatic rings. The van der Waals surface area contributed by atoms with E-state index in [2.05, 4.69) is 15.3 Å². The van der Waals surface area contributed by atoms with E-state index in [9.17, 15) is 9.18 Å². The van der Waals surface area contributed by atoms with E-state index in [4.69, 9.17) is 11.6 Å². The molecule has 0 aliphatic heterocycles. The molecule has 154 valence electrons. The summed E-state index contributed by atoms with van der Waals surface area (Å²) in [7, 11) is 0. The van der Waals surface area contributed by atoms with Gasteiger partial charge in [-0.1, -0.05) is 84.0 Å². The Hall–Kier alpha value is -3.22. The number of aromatic nitrogens is 2. The monoisotopic (exact) mass is 449 g/mol. The molecule has 3 aromatic carbocycles. The second-order valence-corrected chi connectivity index (χ2v) is 7.96. The molecule has 7 heteroatoms. The summed E-state index contributed by atoms with van der Waals surface area (Å²) < 4.78 is 13.2. The van der Waals surface area contributed by atoms with E-state index in [0.29, 0.717) is 10.8 Å². The molecule has 1 heterocycles. The molecule has 1 amide bonds. The number of carbonyl (C=O) groups is 1. The standard InChI is InChI=1S/C24H17ClFN3OS/c25-19-13-18(26)11-12-20(19)27-23(30)15-31-24-28-21(16-7-3-1-4-8-16)14-22(29-24)17-9-5-2-6-10-17/h1-14H,15H2,(H,27,30). The highest BCUT2D eigenvalue weighted by atomic mass is 35.5. The van der Waals surface area contributed by atoms with Crippen molar-refractivity contribution in [1.82, 2.24) is 9.97 Å². The summed E-state index contributed by atoms with van der Waals surface area (Å²) in [5.74, 6) is -0.661. The van der Waals surface area contributed by atoms with Gasteiger partial charge in [0, 0.05) is 11.1 Å². The van der Waals surface area contributed by atoms with Crippen molar-refractivity contribution in [3.05, 3.63) is 95.8 Å². The van der Waals surface area contributed by atoms with Crippen LogP contribution < -0.4 is 5.32 Å². The number of rotatable bonds is 6. The van der Waals surface area contributed by atoms with Crippen LogP contribution in [-0.4, -0.2) is 21.6 Å². The Bertz CT molecular complexity index is 1150. The first kappa shape index (κ1) is 21.0. The third-order valence-corrected chi connectivity index (χ3v) is 5.54. The van der Waals surface area contributed by atoms with Gasteiger partial charge in [0.15, 0.2) is 5.16 Å². The number of carbonyl (C=O) groups excluding carboxylic acids is 1. The van der Waals surface area contributed by atoms with Gasteiger partial charge in [-0.2, -0.15) is 0 Å². The fourth-order valence-electron chi connectivity index (χ4n) is 2.91. The quantitative estimate of drug-likeness (QED) is 0.276. The molecule has 1 N–H and O–H groups in total. The number of thioether (sulfide) groups is 1. The van der Waals surface area contributed by atoms with Gasteiger partial charge in [0.25, 0.3) is 0 Å². The molecular formula is C24H17ClFN3OS. The van der Waals surface area contributed by atoms with Crippen LogP contribution in [0.4, 0.5) is 10.1 Å². The molecule has 0 aliphatic carbocycles. The van der Waals surface area contributed by atoms with E-state index < -0.39 is 5.82 Å². The van der Waals surface area contributed by atoms with Crippen LogP contribution in [0.1, 0.15) is 0 Å². The van der Waals surface area contributed by atoms with Crippen LogP contribution in [0.5, 0.6) is 0 Å². The first-order valence-corrected chi connectivity index (χ1v) is 10.8. The second-order valence-electron chi connectivity index (χ2n) is 6.61. The molecule has 0 bridgehead atoms. The van der Waals surface area contributed by atoms with Crippen molar-refractivity contribution in [2.24, 2.45) is 0 Å². The largest absolute Gasteiger partial charge is 0.324 e. The molecule has 0 fully saturated rings. The summed E-state index contributed by atoms with van der Waals surface area (Å²) >= 11 is 7.20. The van der Waals surface area contributed by atoms with Gasteiger partial charge in [-0.3, -0.25) is 4.79 Å². The van der Waals surface area contributed by atoms with Crippen LogP contribution in [0.3, 0.4) is 0 Å². The number of anilines is 1. The number of nitrogens with zero attached hydrogens (tertiary/aromatic N) is 2. The second kappa shape index (κ2) is 9.73. The van der Waals surface area contributed by atoms with E-state index in [0.717, 1.165) is 28.6 Å². The normalized spacial score (nSPS) is 10.6. The topological polar surface area (TPSA) is 54.9 Å². The maximum atomic E-state index is 13.2. The van der Waals surface area contributed by atoms with Gasteiger partial charge in [0.05, 0.1) is 27.9 Å². The smallest absolute Gasteiger partial charge is 0.234 e. The lowest BCUT2D eigenvalue weighted by molar-refractivity contribution is -0.113. The van der Waals surface area contributed by atoms with Crippen LogP contribution in [0.15, 0.2) is 90.1 Å². The summed E-state index contributed by atoms with van der Waals surface area (Å²) in [6.07, 6.45) is 0. The Morgan fingerprint density at radius 1 is 0.871 bits per heavy atom. The van der Waals surface area contributed by atoms with Crippen LogP contribution in [0.25, 0.3) is 22.5 Å². The van der Waals surface area contributed by atoms with Gasteiger partial charge in [-0.25, -0.2) is 14.4 Å². The minimum atomic E-state index is -0.461. The van der Waals surface area contributed by atoms with Crippen molar-refractivity contribution < 1.29 is 9.18 Å². The van der Waals surface area contributed by atoms with Crippen molar-refractivity contribution in [2.45, 2.75) is 5.16 Å². The number of hydrogen-bond acceptors (Lipinski definition) is 4. The van der Waals surface area contributed by atoms with Crippen molar-refractivity contribution in [2.75, 3.05) is 11.1 Å². The predicted octanol–water partition coefficient (Wildman–Crippen LogP) is 6.33. The van der Waals surface area contributed by atoms with Crippen molar-refractivity contribution in [3.63, 3.8) is 0 Å². The number of nitrogens with one attached hydrogen (secondary N) is 1. The lowest BCUT2D eigenvalue weighted by Gasteiger charge is -2.09. The SMILES string of the molecule is O=C(CSc1nc(-c2ccccc2)cc(-c2ccccc2)n1)Nc1ccc(F)cc1Cl. The predicted molar refractivity (Wildman–Crippen MR) is 124 cm³/mol. The van der Waals surface area contributed by atoms with Gasteiger partial charge >= 0.3 is 0 Å². The maximum absolute atomic E-state index is 13.2. The van der Waals surface area contributed by atoms with E-state index >= 15 is 0 Å². The Morgan fingerprint density at radius 3 is 2.00 bits per heavy atom. The zero-order valence-corrected chi connectivity index (χ0v) is 17.8. The number of hydrogen-bond donors (Lipinski definition) is 1. The minimum absolute atomic E-state index is 0.0835. The summed E-state index contributed by atoms with van der Waals surface area (Å²) in [4.78, 5) is 21.7. The fourth-order valence-corrected chi connectivity index (χ4v) is 3.78. The first-order valence-electron chi connectivity index (χ1n) is 9.46. The molecule has 4 rings (SSSR count). The first-order chi connectivity index (χ1) is 15.1. The van der Waals surface area contributed by atoms with E-state index in [1.165, 1.54) is 23.9 Å². The summed E-state index contributed by atoms with van der Waals surface area (Å²) in [5.41, 5.74) is 3.84. The minimum Gasteiger partial charge on any atom is -0.324 e. The van der Waals surface area contributed by atoms with Crippen LogP contribution in [-0.2, 0) is 4.79 Å². The van der Waals surface area contributed by atoms with Crippen molar-refractivity contribution in [1.29, 1.82) is 0 Å². The van der Waals surface area contributed by atoms with Crippen LogP contribution >= 0.6 is 23.4 Å². The van der Waals surface area contributed by atoms with Crippen LogP contribution in [0.2, 0.25) is 5.02 Å². The van der Waals surface area contributed by atoms with Crippen molar-refractivity contribution in [3.8, 4) is 22.5 Å². The number of halogens is 2. The average molecular weight is 450 g/mol. The molecule has 0 radical (unpaired) electrons. The third kappa shape index (κ3) is 5.48. The Balaban J connectivity index is 1.56. The lowest BCUT2D eigenvalue weighted by Crippen LogP contribution is -2.14. The van der Waals surface area contributed by atoms with E-state index in [1.807, 2.05) is 66.7 Å². The Kier molecular flexibility index (Phi) is 6.60.